The van der Waals surface area contributed by atoms with Crippen molar-refractivity contribution in [1.82, 2.24) is 4.90 Å². The summed E-state index contributed by atoms with van der Waals surface area (Å²) in [7, 11) is 0. The minimum absolute atomic E-state index is 0.258. The Bertz CT molecular complexity index is 894. The van der Waals surface area contributed by atoms with Gasteiger partial charge in [0.05, 0.1) is 11.5 Å². The maximum absolute atomic E-state index is 13.3. The summed E-state index contributed by atoms with van der Waals surface area (Å²) in [5.41, 5.74) is 8.69. The van der Waals surface area contributed by atoms with Crippen molar-refractivity contribution < 1.29 is 9.53 Å². The van der Waals surface area contributed by atoms with E-state index in [1.807, 2.05) is 25.1 Å². The van der Waals surface area contributed by atoms with Crippen molar-refractivity contribution in [2.75, 3.05) is 26.2 Å². The summed E-state index contributed by atoms with van der Waals surface area (Å²) >= 11 is 1.76. The van der Waals surface area contributed by atoms with Gasteiger partial charge in [0.25, 0.3) is 0 Å². The van der Waals surface area contributed by atoms with Crippen molar-refractivity contribution in [3.8, 4) is 5.75 Å². The molecule has 160 valence electrons. The van der Waals surface area contributed by atoms with Crippen molar-refractivity contribution in [3.63, 3.8) is 0 Å². The van der Waals surface area contributed by atoms with Gasteiger partial charge in [-0.3, -0.25) is 4.79 Å². The Morgan fingerprint density at radius 3 is 2.63 bits per heavy atom. The van der Waals surface area contributed by atoms with Gasteiger partial charge in [-0.15, -0.1) is 11.8 Å². The van der Waals surface area contributed by atoms with Gasteiger partial charge in [-0.25, -0.2) is 0 Å². The van der Waals surface area contributed by atoms with E-state index in [-0.39, 0.29) is 5.91 Å². The molecule has 0 aliphatic carbocycles. The first-order chi connectivity index (χ1) is 14.7. The van der Waals surface area contributed by atoms with E-state index >= 15 is 0 Å². The number of hydrogen-bond acceptors (Lipinski definition) is 4. The van der Waals surface area contributed by atoms with E-state index in [0.29, 0.717) is 6.61 Å². The van der Waals surface area contributed by atoms with Crippen LogP contribution in [-0.4, -0.2) is 37.0 Å². The molecule has 1 unspecified atom stereocenters. The molecule has 1 saturated heterocycles. The van der Waals surface area contributed by atoms with Gasteiger partial charge in [-0.2, -0.15) is 0 Å². The molecule has 2 heterocycles. The van der Waals surface area contributed by atoms with Gasteiger partial charge < -0.3 is 15.4 Å². The van der Waals surface area contributed by atoms with Gasteiger partial charge in [0.1, 0.15) is 11.2 Å². The Hall–Kier alpha value is -1.98. The number of likely N-dealkylation sites (tertiary alicyclic amines) is 1. The third-order valence-electron chi connectivity index (χ3n) is 6.48. The molecule has 0 aromatic heterocycles. The molecule has 0 saturated carbocycles. The molecule has 4 nitrogen and oxygen atoms in total. The van der Waals surface area contributed by atoms with E-state index in [1.54, 1.807) is 11.8 Å². The Morgan fingerprint density at radius 1 is 1.10 bits per heavy atom. The number of benzene rings is 2. The second-order valence-corrected chi connectivity index (χ2v) is 9.27. The summed E-state index contributed by atoms with van der Waals surface area (Å²) in [5.74, 6) is 1.41. The predicted octanol–water partition coefficient (Wildman–Crippen LogP) is 4.73. The van der Waals surface area contributed by atoms with Crippen LogP contribution in [0.2, 0.25) is 0 Å². The molecule has 30 heavy (non-hydrogen) atoms. The van der Waals surface area contributed by atoms with Gasteiger partial charge >= 0.3 is 0 Å². The normalized spacial score (nSPS) is 21.4. The molecule has 2 aromatic rings. The van der Waals surface area contributed by atoms with Crippen molar-refractivity contribution in [1.29, 1.82) is 0 Å². The molecule has 1 amide bonds. The molecule has 2 aromatic carbocycles. The van der Waals surface area contributed by atoms with Crippen LogP contribution in [0.15, 0.2) is 47.4 Å². The zero-order valence-electron chi connectivity index (χ0n) is 17.9. The van der Waals surface area contributed by atoms with Gasteiger partial charge in [0.15, 0.2) is 0 Å². The molecule has 2 aliphatic rings. The Kier molecular flexibility index (Phi) is 6.69. The summed E-state index contributed by atoms with van der Waals surface area (Å²) < 4.78 is 5.95. The van der Waals surface area contributed by atoms with Crippen LogP contribution in [0.5, 0.6) is 5.75 Å². The average molecular weight is 425 g/mol. The fourth-order valence-electron chi connectivity index (χ4n) is 5.04. The molecular weight excluding hydrogens is 392 g/mol. The first kappa shape index (κ1) is 21.3. The Morgan fingerprint density at radius 2 is 1.87 bits per heavy atom. The maximum atomic E-state index is 13.3. The molecule has 1 atom stereocenters. The molecule has 0 radical (unpaired) electrons. The number of hydrogen-bond donors (Lipinski definition) is 1. The largest absolute Gasteiger partial charge is 0.493 e. The van der Waals surface area contributed by atoms with Gasteiger partial charge in [0.2, 0.25) is 5.91 Å². The SMILES string of the molecule is CCOc1cccc2c1SCc1ccccc1C2(CCCN1CCCCC1)C(N)=O. The summed E-state index contributed by atoms with van der Waals surface area (Å²) in [6.07, 6.45) is 5.56. The van der Waals surface area contributed by atoms with Crippen LogP contribution >= 0.6 is 11.8 Å². The summed E-state index contributed by atoms with van der Waals surface area (Å²) in [6, 6.07) is 14.4. The molecule has 1 fully saturated rings. The number of nitrogens with zero attached hydrogens (tertiary/aromatic N) is 1. The minimum Gasteiger partial charge on any atom is -0.493 e. The smallest absolute Gasteiger partial charge is 0.232 e. The van der Waals surface area contributed by atoms with Crippen LogP contribution in [0.1, 0.15) is 55.7 Å². The molecule has 5 heteroatoms. The molecule has 2 N–H and O–H groups in total. The number of thioether (sulfide) groups is 1. The highest BCUT2D eigenvalue weighted by Crippen LogP contribution is 2.50. The summed E-state index contributed by atoms with van der Waals surface area (Å²) in [4.78, 5) is 16.9. The summed E-state index contributed by atoms with van der Waals surface area (Å²) in [6.45, 7) is 5.95. The number of rotatable bonds is 7. The van der Waals surface area contributed by atoms with Gasteiger partial charge in [-0.05, 0) is 75.0 Å². The average Bonchev–Trinajstić information content (AvgIpc) is 2.91. The number of amides is 1. The second-order valence-electron chi connectivity index (χ2n) is 8.29. The monoisotopic (exact) mass is 424 g/mol. The highest BCUT2D eigenvalue weighted by Gasteiger charge is 2.45. The topological polar surface area (TPSA) is 55.6 Å². The van der Waals surface area contributed by atoms with Crippen molar-refractivity contribution in [2.24, 2.45) is 5.73 Å². The van der Waals surface area contributed by atoms with Crippen molar-refractivity contribution >= 4 is 17.7 Å². The number of ether oxygens (including phenoxy) is 1. The van der Waals surface area contributed by atoms with Crippen LogP contribution < -0.4 is 10.5 Å². The third-order valence-corrected chi connectivity index (χ3v) is 7.65. The van der Waals surface area contributed by atoms with Crippen LogP contribution in [0.4, 0.5) is 0 Å². The quantitative estimate of drug-likeness (QED) is 0.698. The first-order valence-electron chi connectivity index (χ1n) is 11.2. The molecule has 4 rings (SSSR count). The molecule has 0 bridgehead atoms. The second kappa shape index (κ2) is 9.44. The standard InChI is InChI=1S/C25H32N2O2S/c1-2-29-22-13-8-12-21-23(22)30-18-19-10-4-5-11-20(19)25(21,24(26)28)14-9-17-27-15-6-3-7-16-27/h4-5,8,10-13H,2-3,6-7,9,14-18H2,1H3,(H2,26,28). The van der Waals surface area contributed by atoms with Crippen LogP contribution in [0.25, 0.3) is 0 Å². The third kappa shape index (κ3) is 3.97. The number of piperidine rings is 1. The summed E-state index contributed by atoms with van der Waals surface area (Å²) in [5, 5.41) is 0. The zero-order valence-corrected chi connectivity index (χ0v) is 18.7. The lowest BCUT2D eigenvalue weighted by Crippen LogP contribution is -2.44. The zero-order chi connectivity index (χ0) is 21.0. The van der Waals surface area contributed by atoms with E-state index in [9.17, 15) is 4.79 Å². The number of primary amides is 1. The lowest BCUT2D eigenvalue weighted by atomic mass is 9.69. The molecular formula is C25H32N2O2S. The van der Waals surface area contributed by atoms with E-state index in [1.165, 1.54) is 37.9 Å². The highest BCUT2D eigenvalue weighted by atomic mass is 32.2. The number of carbonyl (C=O) groups excluding carboxylic acids is 1. The lowest BCUT2D eigenvalue weighted by molar-refractivity contribution is -0.122. The maximum Gasteiger partial charge on any atom is 0.232 e. The van der Waals surface area contributed by atoms with Crippen LogP contribution in [0.3, 0.4) is 0 Å². The number of carbonyl (C=O) groups is 1. The predicted molar refractivity (Wildman–Crippen MR) is 123 cm³/mol. The van der Waals surface area contributed by atoms with Crippen LogP contribution in [-0.2, 0) is 16.0 Å². The van der Waals surface area contributed by atoms with Crippen LogP contribution in [0, 0.1) is 0 Å². The number of nitrogens with two attached hydrogens (primary N) is 1. The first-order valence-corrected chi connectivity index (χ1v) is 12.1. The van der Waals surface area contributed by atoms with Gasteiger partial charge in [0, 0.05) is 5.75 Å². The van der Waals surface area contributed by atoms with E-state index in [0.717, 1.165) is 46.9 Å². The highest BCUT2D eigenvalue weighted by molar-refractivity contribution is 7.98. The van der Waals surface area contributed by atoms with Gasteiger partial charge in [-0.1, -0.05) is 42.8 Å². The van der Waals surface area contributed by atoms with E-state index < -0.39 is 5.41 Å². The molecule has 0 spiro atoms. The van der Waals surface area contributed by atoms with E-state index in [2.05, 4.69) is 29.2 Å². The lowest BCUT2D eigenvalue weighted by Gasteiger charge is -2.35. The Labute approximate surface area is 184 Å². The van der Waals surface area contributed by atoms with Crippen molar-refractivity contribution in [3.05, 3.63) is 59.2 Å². The van der Waals surface area contributed by atoms with Crippen molar-refractivity contribution in [2.45, 2.75) is 55.1 Å². The Balaban J connectivity index is 1.77. The van der Waals surface area contributed by atoms with E-state index in [4.69, 9.17) is 10.5 Å². The fraction of sp³-hybridized carbons (Fsp3) is 0.480. The fourth-order valence-corrected chi connectivity index (χ4v) is 6.25. The molecule has 2 aliphatic heterocycles. The number of fused-ring (bicyclic) bond motifs is 2. The minimum atomic E-state index is -0.821.